The maximum atomic E-state index is 12.1. The van der Waals surface area contributed by atoms with Crippen LogP contribution >= 0.6 is 15.9 Å². The summed E-state index contributed by atoms with van der Waals surface area (Å²) in [6, 6.07) is 1.26. The van der Waals surface area contributed by atoms with E-state index in [1.54, 1.807) is 0 Å². The lowest BCUT2D eigenvalue weighted by atomic mass is 10.3. The van der Waals surface area contributed by atoms with Gasteiger partial charge in [0.05, 0.1) is 17.3 Å². The van der Waals surface area contributed by atoms with Gasteiger partial charge in [0.25, 0.3) is 6.43 Å². The molecule has 0 spiro atoms. The molecule has 0 aromatic carbocycles. The van der Waals surface area contributed by atoms with Crippen molar-refractivity contribution in [3.8, 4) is 5.75 Å². The third kappa shape index (κ3) is 2.62. The van der Waals surface area contributed by atoms with Crippen LogP contribution in [0, 0.1) is 0 Å². The molecule has 0 bridgehead atoms. The molecule has 1 aromatic rings. The van der Waals surface area contributed by atoms with Crippen molar-refractivity contribution in [2.45, 2.75) is 13.3 Å². The van der Waals surface area contributed by atoms with E-state index in [0.29, 0.717) is 16.8 Å². The summed E-state index contributed by atoms with van der Waals surface area (Å²) in [5.41, 5.74) is -0.254. The van der Waals surface area contributed by atoms with E-state index in [4.69, 9.17) is 4.74 Å². The van der Waals surface area contributed by atoms with Crippen LogP contribution in [0.1, 0.15) is 19.0 Å². The zero-order valence-corrected chi connectivity index (χ0v) is 8.51. The van der Waals surface area contributed by atoms with E-state index in [-0.39, 0.29) is 5.69 Å². The van der Waals surface area contributed by atoms with Gasteiger partial charge in [0.2, 0.25) is 0 Å². The van der Waals surface area contributed by atoms with E-state index in [9.17, 15) is 8.78 Å². The maximum Gasteiger partial charge on any atom is 0.280 e. The lowest BCUT2D eigenvalue weighted by Gasteiger charge is -2.06. The van der Waals surface area contributed by atoms with Crippen LogP contribution in [-0.2, 0) is 0 Å². The Balaban J connectivity index is 2.92. The van der Waals surface area contributed by atoms with Crippen LogP contribution in [0.15, 0.2) is 16.7 Å². The van der Waals surface area contributed by atoms with Gasteiger partial charge in [0.15, 0.2) is 5.75 Å². The number of nitrogens with zero attached hydrogens (tertiary/aromatic N) is 1. The summed E-state index contributed by atoms with van der Waals surface area (Å²) in [7, 11) is 0. The van der Waals surface area contributed by atoms with Crippen molar-refractivity contribution in [3.05, 3.63) is 22.4 Å². The Labute approximate surface area is 83.1 Å². The van der Waals surface area contributed by atoms with E-state index < -0.39 is 6.43 Å². The van der Waals surface area contributed by atoms with Gasteiger partial charge in [-0.2, -0.15) is 0 Å². The predicted octanol–water partition coefficient (Wildman–Crippen LogP) is 3.18. The first-order valence-electron chi connectivity index (χ1n) is 3.71. The standard InChI is InChI=1S/C8H8BrF2NO/c1-2-13-7-4-12-6(8(10)11)3-5(7)9/h3-4,8H,2H2,1H3. The molecule has 0 aliphatic carbocycles. The van der Waals surface area contributed by atoms with Crippen LogP contribution in [0.25, 0.3) is 0 Å². The first kappa shape index (κ1) is 10.4. The highest BCUT2D eigenvalue weighted by Crippen LogP contribution is 2.27. The van der Waals surface area contributed by atoms with Crippen LogP contribution in [0.2, 0.25) is 0 Å². The summed E-state index contributed by atoms with van der Waals surface area (Å²) in [6.07, 6.45) is -1.26. The molecule has 1 heterocycles. The first-order valence-corrected chi connectivity index (χ1v) is 4.50. The molecule has 0 saturated heterocycles. The van der Waals surface area contributed by atoms with Crippen molar-refractivity contribution >= 4 is 15.9 Å². The summed E-state index contributed by atoms with van der Waals surface area (Å²) in [4.78, 5) is 3.55. The molecule has 0 unspecified atom stereocenters. The molecule has 1 aromatic heterocycles. The van der Waals surface area contributed by atoms with E-state index in [1.165, 1.54) is 12.3 Å². The van der Waals surface area contributed by atoms with Gasteiger partial charge in [-0.1, -0.05) is 0 Å². The number of ether oxygens (including phenoxy) is 1. The van der Waals surface area contributed by atoms with Gasteiger partial charge in [-0.3, -0.25) is 4.98 Å². The Morgan fingerprint density at radius 2 is 2.31 bits per heavy atom. The highest BCUT2D eigenvalue weighted by atomic mass is 79.9. The fourth-order valence-corrected chi connectivity index (χ4v) is 1.27. The van der Waals surface area contributed by atoms with Crippen molar-refractivity contribution in [1.82, 2.24) is 4.98 Å². The minimum absolute atomic E-state index is 0.254. The second-order valence-electron chi connectivity index (χ2n) is 2.27. The first-order chi connectivity index (χ1) is 6.15. The summed E-state index contributed by atoms with van der Waals surface area (Å²) in [6.45, 7) is 2.29. The maximum absolute atomic E-state index is 12.1. The fraction of sp³-hybridized carbons (Fsp3) is 0.375. The topological polar surface area (TPSA) is 22.1 Å². The Kier molecular flexibility index (Phi) is 3.59. The monoisotopic (exact) mass is 251 g/mol. The minimum atomic E-state index is -2.55. The predicted molar refractivity (Wildman–Crippen MR) is 48.1 cm³/mol. The van der Waals surface area contributed by atoms with Crippen LogP contribution in [0.4, 0.5) is 8.78 Å². The molecule has 0 aliphatic heterocycles. The average molecular weight is 252 g/mol. The number of aromatic nitrogens is 1. The normalized spacial score (nSPS) is 10.5. The van der Waals surface area contributed by atoms with Gasteiger partial charge in [-0.05, 0) is 28.9 Å². The highest BCUT2D eigenvalue weighted by Gasteiger charge is 2.11. The van der Waals surface area contributed by atoms with Crippen molar-refractivity contribution in [2.75, 3.05) is 6.61 Å². The average Bonchev–Trinajstić information content (AvgIpc) is 2.08. The van der Waals surface area contributed by atoms with Crippen molar-refractivity contribution < 1.29 is 13.5 Å². The molecule has 0 radical (unpaired) electrons. The van der Waals surface area contributed by atoms with E-state index in [1.807, 2.05) is 6.92 Å². The third-order valence-corrected chi connectivity index (χ3v) is 1.98. The number of hydrogen-bond donors (Lipinski definition) is 0. The van der Waals surface area contributed by atoms with Gasteiger partial charge >= 0.3 is 0 Å². The van der Waals surface area contributed by atoms with E-state index in [2.05, 4.69) is 20.9 Å². The van der Waals surface area contributed by atoms with E-state index >= 15 is 0 Å². The van der Waals surface area contributed by atoms with Gasteiger partial charge in [-0.15, -0.1) is 0 Å². The molecule has 0 fully saturated rings. The Hall–Kier alpha value is -0.710. The van der Waals surface area contributed by atoms with Crippen molar-refractivity contribution in [2.24, 2.45) is 0 Å². The molecule has 1 rings (SSSR count). The van der Waals surface area contributed by atoms with Crippen LogP contribution < -0.4 is 4.74 Å². The van der Waals surface area contributed by atoms with Crippen molar-refractivity contribution in [3.63, 3.8) is 0 Å². The SMILES string of the molecule is CCOc1cnc(C(F)F)cc1Br. The summed E-state index contributed by atoms with van der Waals surface area (Å²) in [5.74, 6) is 0.479. The van der Waals surface area contributed by atoms with Gasteiger partial charge in [-0.25, -0.2) is 8.78 Å². The zero-order chi connectivity index (χ0) is 9.84. The number of alkyl halides is 2. The summed E-state index contributed by atoms with van der Waals surface area (Å²) in [5, 5.41) is 0. The second kappa shape index (κ2) is 4.50. The number of pyridine rings is 1. The second-order valence-corrected chi connectivity index (χ2v) is 3.13. The lowest BCUT2D eigenvalue weighted by molar-refractivity contribution is 0.146. The molecule has 0 atom stereocenters. The highest BCUT2D eigenvalue weighted by molar-refractivity contribution is 9.10. The number of halogens is 3. The zero-order valence-electron chi connectivity index (χ0n) is 6.93. The smallest absolute Gasteiger partial charge is 0.280 e. The van der Waals surface area contributed by atoms with Gasteiger partial charge < -0.3 is 4.74 Å². The van der Waals surface area contributed by atoms with Crippen LogP contribution in [0.5, 0.6) is 5.75 Å². The fourth-order valence-electron chi connectivity index (χ4n) is 0.814. The van der Waals surface area contributed by atoms with Gasteiger partial charge in [0.1, 0.15) is 5.69 Å². The summed E-state index contributed by atoms with van der Waals surface area (Å²) >= 11 is 3.12. The Morgan fingerprint density at radius 1 is 1.62 bits per heavy atom. The molecule has 72 valence electrons. The third-order valence-electron chi connectivity index (χ3n) is 1.36. The van der Waals surface area contributed by atoms with Crippen LogP contribution in [0.3, 0.4) is 0 Å². The molecule has 0 N–H and O–H groups in total. The molecule has 5 heteroatoms. The molecule has 13 heavy (non-hydrogen) atoms. The Morgan fingerprint density at radius 3 is 2.77 bits per heavy atom. The lowest BCUT2D eigenvalue weighted by Crippen LogP contribution is -1.96. The number of hydrogen-bond acceptors (Lipinski definition) is 2. The minimum Gasteiger partial charge on any atom is -0.491 e. The molecular weight excluding hydrogens is 244 g/mol. The van der Waals surface area contributed by atoms with E-state index in [0.717, 1.165) is 0 Å². The largest absolute Gasteiger partial charge is 0.491 e. The molecule has 2 nitrogen and oxygen atoms in total. The quantitative estimate of drug-likeness (QED) is 0.824. The summed E-state index contributed by atoms with van der Waals surface area (Å²) < 4.78 is 29.9. The molecular formula is C8H8BrF2NO. The van der Waals surface area contributed by atoms with Crippen molar-refractivity contribution in [1.29, 1.82) is 0 Å². The van der Waals surface area contributed by atoms with Crippen LogP contribution in [-0.4, -0.2) is 11.6 Å². The number of rotatable bonds is 3. The Bertz CT molecular complexity index is 293. The van der Waals surface area contributed by atoms with Gasteiger partial charge in [0, 0.05) is 0 Å². The molecule has 0 amide bonds. The molecule has 0 saturated carbocycles. The molecule has 0 aliphatic rings.